The third kappa shape index (κ3) is 4.10. The molecule has 3 unspecified atom stereocenters. The molecule has 1 N–H and O–H groups in total. The Labute approximate surface area is 209 Å². The summed E-state index contributed by atoms with van der Waals surface area (Å²) in [6.45, 7) is 10.6. The van der Waals surface area contributed by atoms with Gasteiger partial charge in [-0.05, 0) is 51.9 Å². The van der Waals surface area contributed by atoms with Gasteiger partial charge >= 0.3 is 5.97 Å². The van der Waals surface area contributed by atoms with Crippen molar-refractivity contribution in [3.63, 3.8) is 0 Å². The molecule has 4 fully saturated rings. The summed E-state index contributed by atoms with van der Waals surface area (Å²) in [5.41, 5.74) is -1.90. The Hall–Kier alpha value is -1.93. The Morgan fingerprint density at radius 1 is 1.29 bits per heavy atom. The maximum atomic E-state index is 14.4. The molecule has 2 amide bonds. The number of nitrogens with zero attached hydrogens (tertiary/aromatic N) is 2. The third-order valence-electron chi connectivity index (χ3n) is 9.02. The van der Waals surface area contributed by atoms with Gasteiger partial charge in [-0.25, -0.2) is 0 Å². The Morgan fingerprint density at radius 2 is 2.00 bits per heavy atom. The molecule has 1 saturated carbocycles. The molecule has 196 valence electrons. The number of aliphatic hydroxyl groups is 1. The molecule has 3 heterocycles. The Bertz CT molecular complexity index is 842. The van der Waals surface area contributed by atoms with E-state index in [0.29, 0.717) is 32.4 Å². The average molecular weight is 491 g/mol. The van der Waals surface area contributed by atoms with E-state index >= 15 is 0 Å². The summed E-state index contributed by atoms with van der Waals surface area (Å²) in [6.07, 6.45) is 8.66. The van der Waals surface area contributed by atoms with Crippen LogP contribution in [0.5, 0.6) is 0 Å². The highest BCUT2D eigenvalue weighted by Crippen LogP contribution is 2.65. The lowest BCUT2D eigenvalue weighted by atomic mass is 9.62. The number of carbonyl (C=O) groups excluding carboxylic acids is 3. The summed E-state index contributed by atoms with van der Waals surface area (Å²) in [5.74, 6) is -2.19. The van der Waals surface area contributed by atoms with Gasteiger partial charge < -0.3 is 24.4 Å². The number of hydrogen-bond donors (Lipinski definition) is 1. The predicted molar refractivity (Wildman–Crippen MR) is 130 cm³/mol. The van der Waals surface area contributed by atoms with E-state index in [1.807, 2.05) is 18.7 Å². The van der Waals surface area contributed by atoms with Crippen LogP contribution in [-0.2, 0) is 23.9 Å². The Kier molecular flexibility index (Phi) is 7.62. The number of esters is 1. The molecule has 0 radical (unpaired) electrons. The van der Waals surface area contributed by atoms with Crippen LogP contribution in [0, 0.1) is 17.8 Å². The van der Waals surface area contributed by atoms with E-state index in [1.165, 1.54) is 6.42 Å². The first-order chi connectivity index (χ1) is 16.8. The lowest BCUT2D eigenvalue weighted by Crippen LogP contribution is -2.58. The molecule has 8 nitrogen and oxygen atoms in total. The van der Waals surface area contributed by atoms with Gasteiger partial charge in [-0.3, -0.25) is 14.4 Å². The number of carbonyl (C=O) groups is 3. The Balaban J connectivity index is 1.75. The standard InChI is InChI=1S/C27H42N2O6/c1-5-14-28(19-12-8-7-9-13-19)24(32)22-27-17-18(3)26(4,35-27)21(25(33)34-6-2)20(27)23(31)29(22)15-10-11-16-30/h5,18-22,30H,1,6-17H2,2-4H3/t18?,20-,21-,22?,26+,27?/m0/s1. The van der Waals surface area contributed by atoms with Crippen molar-refractivity contribution >= 4 is 17.8 Å². The van der Waals surface area contributed by atoms with Crippen molar-refractivity contribution in [1.29, 1.82) is 0 Å². The molecular weight excluding hydrogens is 448 g/mol. The molecule has 0 aromatic carbocycles. The zero-order valence-electron chi connectivity index (χ0n) is 21.5. The number of unbranched alkanes of at least 4 members (excludes halogenated alkanes) is 1. The molecule has 2 bridgehead atoms. The van der Waals surface area contributed by atoms with Gasteiger partial charge in [-0.1, -0.05) is 32.3 Å². The summed E-state index contributed by atoms with van der Waals surface area (Å²) < 4.78 is 12.2. The van der Waals surface area contributed by atoms with Crippen molar-refractivity contribution in [2.45, 2.75) is 95.4 Å². The predicted octanol–water partition coefficient (Wildman–Crippen LogP) is 2.68. The summed E-state index contributed by atoms with van der Waals surface area (Å²) in [6, 6.07) is -0.671. The fourth-order valence-corrected chi connectivity index (χ4v) is 7.35. The summed E-state index contributed by atoms with van der Waals surface area (Å²) in [7, 11) is 0. The van der Waals surface area contributed by atoms with E-state index in [-0.39, 0.29) is 37.0 Å². The quantitative estimate of drug-likeness (QED) is 0.287. The topological polar surface area (TPSA) is 96.4 Å². The molecule has 3 aliphatic heterocycles. The van der Waals surface area contributed by atoms with Gasteiger partial charge in [-0.2, -0.15) is 0 Å². The third-order valence-corrected chi connectivity index (χ3v) is 9.02. The lowest BCUT2D eigenvalue weighted by molar-refractivity contribution is -0.162. The fourth-order valence-electron chi connectivity index (χ4n) is 7.35. The number of likely N-dealkylation sites (tertiary alicyclic amines) is 1. The normalized spacial score (nSPS) is 36.3. The molecule has 35 heavy (non-hydrogen) atoms. The van der Waals surface area contributed by atoms with Gasteiger partial charge in [0.15, 0.2) is 0 Å². The largest absolute Gasteiger partial charge is 0.466 e. The molecule has 1 spiro atoms. The van der Waals surface area contributed by atoms with Crippen LogP contribution in [0.1, 0.15) is 72.1 Å². The fraction of sp³-hybridized carbons (Fsp3) is 0.815. The molecule has 4 aliphatic rings. The van der Waals surface area contributed by atoms with Crippen molar-refractivity contribution in [2.75, 3.05) is 26.3 Å². The second kappa shape index (κ2) is 10.2. The van der Waals surface area contributed by atoms with Crippen LogP contribution in [0.3, 0.4) is 0 Å². The zero-order chi connectivity index (χ0) is 25.4. The lowest BCUT2D eigenvalue weighted by Gasteiger charge is -2.41. The number of amides is 2. The van der Waals surface area contributed by atoms with Gasteiger partial charge in [0, 0.05) is 25.7 Å². The van der Waals surface area contributed by atoms with Gasteiger partial charge in [-0.15, -0.1) is 6.58 Å². The van der Waals surface area contributed by atoms with Crippen molar-refractivity contribution in [2.24, 2.45) is 17.8 Å². The maximum absolute atomic E-state index is 14.4. The van der Waals surface area contributed by atoms with Crippen molar-refractivity contribution < 1.29 is 29.0 Å². The van der Waals surface area contributed by atoms with E-state index < -0.39 is 35.0 Å². The molecule has 6 atom stereocenters. The van der Waals surface area contributed by atoms with Crippen molar-refractivity contribution in [3.8, 4) is 0 Å². The van der Waals surface area contributed by atoms with E-state index in [1.54, 1.807) is 17.9 Å². The minimum Gasteiger partial charge on any atom is -0.466 e. The number of aliphatic hydroxyl groups excluding tert-OH is 1. The minimum atomic E-state index is -1.05. The van der Waals surface area contributed by atoms with Gasteiger partial charge in [0.2, 0.25) is 11.8 Å². The average Bonchev–Trinajstić information content (AvgIpc) is 3.35. The van der Waals surface area contributed by atoms with E-state index in [0.717, 1.165) is 25.7 Å². The second-order valence-corrected chi connectivity index (χ2v) is 11.0. The van der Waals surface area contributed by atoms with Crippen LogP contribution in [0.2, 0.25) is 0 Å². The summed E-state index contributed by atoms with van der Waals surface area (Å²) in [5, 5.41) is 9.34. The molecule has 0 aromatic heterocycles. The van der Waals surface area contributed by atoms with Crippen molar-refractivity contribution in [3.05, 3.63) is 12.7 Å². The monoisotopic (exact) mass is 490 g/mol. The number of hydrogen-bond acceptors (Lipinski definition) is 6. The second-order valence-electron chi connectivity index (χ2n) is 11.0. The van der Waals surface area contributed by atoms with E-state index in [2.05, 4.69) is 6.58 Å². The van der Waals surface area contributed by atoms with Crippen LogP contribution < -0.4 is 0 Å². The first-order valence-electron chi connectivity index (χ1n) is 13.5. The number of rotatable bonds is 10. The van der Waals surface area contributed by atoms with Crippen LogP contribution >= 0.6 is 0 Å². The molecule has 8 heteroatoms. The molecule has 4 rings (SSSR count). The molecular formula is C27H42N2O6. The highest BCUT2D eigenvalue weighted by molar-refractivity contribution is 5.98. The summed E-state index contributed by atoms with van der Waals surface area (Å²) in [4.78, 5) is 45.1. The maximum Gasteiger partial charge on any atom is 0.312 e. The van der Waals surface area contributed by atoms with Crippen LogP contribution in [0.4, 0.5) is 0 Å². The molecule has 0 aromatic rings. The van der Waals surface area contributed by atoms with Crippen LogP contribution in [-0.4, -0.2) is 82.3 Å². The van der Waals surface area contributed by atoms with Gasteiger partial charge in [0.1, 0.15) is 17.6 Å². The van der Waals surface area contributed by atoms with E-state index in [9.17, 15) is 19.5 Å². The highest BCUT2D eigenvalue weighted by Gasteiger charge is 2.80. The number of fused-ring (bicyclic) bond motifs is 1. The zero-order valence-corrected chi connectivity index (χ0v) is 21.5. The SMILES string of the molecule is C=CCN(C(=O)C1N(CCCCO)C(=O)[C@@H]2[C@@H](C(=O)OCC)[C@]3(C)OC12CC3C)C1CCCCC1. The Morgan fingerprint density at radius 3 is 2.63 bits per heavy atom. The molecule has 3 saturated heterocycles. The smallest absolute Gasteiger partial charge is 0.312 e. The highest BCUT2D eigenvalue weighted by atomic mass is 16.6. The first-order valence-corrected chi connectivity index (χ1v) is 13.5. The van der Waals surface area contributed by atoms with Crippen LogP contribution in [0.25, 0.3) is 0 Å². The van der Waals surface area contributed by atoms with E-state index in [4.69, 9.17) is 9.47 Å². The minimum absolute atomic E-state index is 0.00353. The van der Waals surface area contributed by atoms with Gasteiger partial charge in [0.25, 0.3) is 0 Å². The molecule has 1 aliphatic carbocycles. The summed E-state index contributed by atoms with van der Waals surface area (Å²) >= 11 is 0. The van der Waals surface area contributed by atoms with Crippen molar-refractivity contribution in [1.82, 2.24) is 9.80 Å². The van der Waals surface area contributed by atoms with Crippen LogP contribution in [0.15, 0.2) is 12.7 Å². The number of ether oxygens (including phenoxy) is 2. The first kappa shape index (κ1) is 26.1. The van der Waals surface area contributed by atoms with Gasteiger partial charge in [0.05, 0.1) is 18.1 Å².